The van der Waals surface area contributed by atoms with Crippen LogP contribution in [0, 0.1) is 29.6 Å². The maximum atomic E-state index is 14.7. The third kappa shape index (κ3) is 6.22. The Bertz CT molecular complexity index is 2460. The van der Waals surface area contributed by atoms with Crippen LogP contribution in [0.25, 0.3) is 0 Å². The van der Waals surface area contributed by atoms with Crippen LogP contribution in [0.1, 0.15) is 24.3 Å². The average molecular weight is 889 g/mol. The topological polar surface area (TPSA) is 128 Å². The first kappa shape index (κ1) is 36.9. The fourth-order valence-electron chi connectivity index (χ4n) is 9.20. The molecule has 2 heterocycles. The van der Waals surface area contributed by atoms with Crippen LogP contribution >= 0.6 is 31.9 Å². The van der Waals surface area contributed by atoms with Gasteiger partial charge in [0.05, 0.1) is 46.6 Å². The fourth-order valence-corrected chi connectivity index (χ4v) is 10.2. The molecule has 0 aromatic heterocycles. The summed E-state index contributed by atoms with van der Waals surface area (Å²) in [6.45, 7) is 0. The molecule has 57 heavy (non-hydrogen) atoms. The second-order valence-electron chi connectivity index (χ2n) is 14.8. The molecular formula is C45H36Br2N4O6. The summed E-state index contributed by atoms with van der Waals surface area (Å²) < 4.78 is 6.40. The number of fused-ring (bicyclic) bond motifs is 4. The zero-order valence-electron chi connectivity index (χ0n) is 30.6. The minimum atomic E-state index is -0.816. The lowest BCUT2D eigenvalue weighted by Gasteiger charge is -2.44. The van der Waals surface area contributed by atoms with Gasteiger partial charge in [-0.3, -0.25) is 29.0 Å². The Hall–Kier alpha value is -5.72. The predicted octanol–water partition coefficient (Wildman–Crippen LogP) is 9.46. The molecule has 5 aromatic rings. The molecule has 0 radical (unpaired) electrons. The van der Waals surface area contributed by atoms with E-state index in [-0.39, 0.29) is 41.5 Å². The highest BCUT2D eigenvalue weighted by Gasteiger charge is 2.62. The number of allylic oxidation sites excluding steroid dienone is 2. The molecule has 4 amide bonds. The molecule has 4 aliphatic rings. The first-order chi connectivity index (χ1) is 27.6. The van der Waals surface area contributed by atoms with E-state index in [0.717, 1.165) is 28.3 Å². The van der Waals surface area contributed by atoms with Crippen molar-refractivity contribution in [3.8, 4) is 11.5 Å². The minimum Gasteiger partial charge on any atom is -0.503 e. The van der Waals surface area contributed by atoms with Crippen LogP contribution in [0.4, 0.5) is 34.1 Å². The Morgan fingerprint density at radius 2 is 1.11 bits per heavy atom. The highest BCUT2D eigenvalue weighted by molar-refractivity contribution is 9.13. The Kier molecular flexibility index (Phi) is 9.48. The van der Waals surface area contributed by atoms with E-state index in [1.165, 1.54) is 16.9 Å². The Balaban J connectivity index is 1.07. The summed E-state index contributed by atoms with van der Waals surface area (Å²) in [5.74, 6) is -5.36. The van der Waals surface area contributed by atoms with Crippen molar-refractivity contribution in [1.29, 1.82) is 0 Å². The number of benzene rings is 5. The first-order valence-corrected chi connectivity index (χ1v) is 20.3. The van der Waals surface area contributed by atoms with Gasteiger partial charge in [0.1, 0.15) is 0 Å². The second kappa shape index (κ2) is 14.7. The third-order valence-electron chi connectivity index (χ3n) is 11.8. The number of amides is 4. The van der Waals surface area contributed by atoms with Gasteiger partial charge in [0.15, 0.2) is 11.5 Å². The van der Waals surface area contributed by atoms with Crippen LogP contribution < -0.4 is 25.2 Å². The van der Waals surface area contributed by atoms with Gasteiger partial charge >= 0.3 is 0 Å². The number of methoxy groups -OCH3 is 1. The number of carbonyl (C=O) groups excluding carboxylic acids is 4. The molecule has 6 atom stereocenters. The number of aromatic hydroxyl groups is 1. The molecule has 2 aliphatic carbocycles. The Labute approximate surface area is 345 Å². The molecule has 12 heteroatoms. The van der Waals surface area contributed by atoms with Gasteiger partial charge in [-0.2, -0.15) is 0 Å². The quantitative estimate of drug-likeness (QED) is 0.104. The number of rotatable bonds is 8. The van der Waals surface area contributed by atoms with Crippen LogP contribution in [0.2, 0.25) is 0 Å². The standard InChI is InChI=1S/C45H36Br2N4O6/c1-57-35-23-33(39(46)40(47)41(35)52)36-30-20-21-31-37(44(55)50(42(31)53)28-16-12-26(13-17-28)48-24-8-4-2-5-9-24)32(30)22-34-38(36)45(56)51(43(34)54)29-18-14-27(15-19-29)49-25-10-6-3-7-11-25/h2-20,23,31-32,34,36-38,48-49,52H,21-22H2,1H3. The molecule has 9 rings (SSSR count). The molecule has 5 aromatic carbocycles. The number of phenolic OH excluding ortho intramolecular Hbond substituents is 1. The highest BCUT2D eigenvalue weighted by Crippen LogP contribution is 2.60. The molecular weight excluding hydrogens is 852 g/mol. The molecule has 286 valence electrons. The molecule has 3 fully saturated rings. The predicted molar refractivity (Wildman–Crippen MR) is 225 cm³/mol. The monoisotopic (exact) mass is 886 g/mol. The average Bonchev–Trinajstić information content (AvgIpc) is 3.64. The summed E-state index contributed by atoms with van der Waals surface area (Å²) in [5, 5.41) is 17.6. The summed E-state index contributed by atoms with van der Waals surface area (Å²) in [5.41, 5.74) is 5.79. The van der Waals surface area contributed by atoms with E-state index in [2.05, 4.69) is 42.5 Å². The molecule has 3 N–H and O–H groups in total. The number of halogens is 2. The zero-order chi connectivity index (χ0) is 39.5. The van der Waals surface area contributed by atoms with Gasteiger partial charge in [0.2, 0.25) is 23.6 Å². The molecule has 0 bridgehead atoms. The zero-order valence-corrected chi connectivity index (χ0v) is 33.7. The number of anilines is 6. The van der Waals surface area contributed by atoms with Crippen molar-refractivity contribution >= 4 is 89.6 Å². The van der Waals surface area contributed by atoms with Crippen molar-refractivity contribution in [2.24, 2.45) is 29.6 Å². The van der Waals surface area contributed by atoms with Gasteiger partial charge in [-0.1, -0.05) is 48.0 Å². The maximum absolute atomic E-state index is 14.7. The molecule has 10 nitrogen and oxygen atoms in total. The number of imide groups is 2. The van der Waals surface area contributed by atoms with Crippen molar-refractivity contribution in [3.63, 3.8) is 0 Å². The third-order valence-corrected chi connectivity index (χ3v) is 13.9. The second-order valence-corrected chi connectivity index (χ2v) is 16.4. The summed E-state index contributed by atoms with van der Waals surface area (Å²) in [6.07, 6.45) is 2.52. The largest absolute Gasteiger partial charge is 0.503 e. The summed E-state index contributed by atoms with van der Waals surface area (Å²) in [4.78, 5) is 60.7. The van der Waals surface area contributed by atoms with E-state index in [1.807, 2.05) is 91.0 Å². The number of nitrogens with one attached hydrogen (secondary N) is 2. The van der Waals surface area contributed by atoms with Crippen molar-refractivity contribution in [2.75, 3.05) is 27.5 Å². The SMILES string of the molecule is COc1cc(C2C3=CCC4C(=O)N(c5ccc(Nc6ccccc6)cc5)C(=O)C4C3CC3C(=O)N(c4ccc(Nc5ccccc5)cc4)C(=O)C32)c(Br)c(Br)c1O. The highest BCUT2D eigenvalue weighted by atomic mass is 79.9. The van der Waals surface area contributed by atoms with Crippen LogP contribution in [0.15, 0.2) is 136 Å². The number of carbonyl (C=O) groups is 4. The van der Waals surface area contributed by atoms with Gasteiger partial charge in [-0.25, -0.2) is 0 Å². The van der Waals surface area contributed by atoms with Gasteiger partial charge in [0.25, 0.3) is 0 Å². The van der Waals surface area contributed by atoms with E-state index in [9.17, 15) is 24.3 Å². The van der Waals surface area contributed by atoms with Crippen LogP contribution in [-0.2, 0) is 19.2 Å². The van der Waals surface area contributed by atoms with Gasteiger partial charge in [-0.05, 0) is 135 Å². The molecule has 1 saturated carbocycles. The van der Waals surface area contributed by atoms with E-state index in [1.54, 1.807) is 30.3 Å². The van der Waals surface area contributed by atoms with Gasteiger partial charge in [0, 0.05) is 33.1 Å². The smallest absolute Gasteiger partial charge is 0.238 e. The Morgan fingerprint density at radius 3 is 1.63 bits per heavy atom. The number of hydrogen-bond acceptors (Lipinski definition) is 8. The fraction of sp³-hybridized carbons (Fsp3) is 0.200. The molecule has 0 spiro atoms. The van der Waals surface area contributed by atoms with Gasteiger partial charge < -0.3 is 20.5 Å². The molecule has 6 unspecified atom stereocenters. The van der Waals surface area contributed by atoms with E-state index < -0.39 is 35.5 Å². The number of hydrogen-bond donors (Lipinski definition) is 3. The normalized spacial score (nSPS) is 23.8. The lowest BCUT2D eigenvalue weighted by atomic mass is 9.57. The first-order valence-electron chi connectivity index (χ1n) is 18.7. The van der Waals surface area contributed by atoms with Crippen molar-refractivity contribution in [2.45, 2.75) is 18.8 Å². The van der Waals surface area contributed by atoms with Crippen LogP contribution in [0.5, 0.6) is 11.5 Å². The lowest BCUT2D eigenvalue weighted by molar-refractivity contribution is -0.126. The number of nitrogens with zero attached hydrogens (tertiary/aromatic N) is 2. The van der Waals surface area contributed by atoms with Gasteiger partial charge in [-0.15, -0.1) is 0 Å². The lowest BCUT2D eigenvalue weighted by Crippen LogP contribution is -2.43. The van der Waals surface area contributed by atoms with E-state index in [0.29, 0.717) is 32.3 Å². The Morgan fingerprint density at radius 1 is 0.614 bits per heavy atom. The van der Waals surface area contributed by atoms with E-state index in [4.69, 9.17) is 4.74 Å². The number of para-hydroxylation sites is 2. The molecule has 2 saturated heterocycles. The summed E-state index contributed by atoms with van der Waals surface area (Å²) >= 11 is 7.18. The summed E-state index contributed by atoms with van der Waals surface area (Å²) in [7, 11) is 1.44. The van der Waals surface area contributed by atoms with E-state index >= 15 is 0 Å². The van der Waals surface area contributed by atoms with Crippen molar-refractivity contribution in [3.05, 3.63) is 141 Å². The maximum Gasteiger partial charge on any atom is 0.238 e. The molecule has 2 aliphatic heterocycles. The number of phenols is 1. The van der Waals surface area contributed by atoms with Crippen LogP contribution in [-0.4, -0.2) is 35.8 Å². The van der Waals surface area contributed by atoms with Crippen LogP contribution in [0.3, 0.4) is 0 Å². The van der Waals surface area contributed by atoms with Crippen molar-refractivity contribution in [1.82, 2.24) is 0 Å². The number of ether oxygens (including phenoxy) is 1. The summed E-state index contributed by atoms with van der Waals surface area (Å²) in [6, 6.07) is 35.5. The minimum absolute atomic E-state index is 0.119. The van der Waals surface area contributed by atoms with Crippen molar-refractivity contribution < 1.29 is 29.0 Å².